The molecular formula is C7H22Cl2N2. The molecule has 0 amide bonds. The molecule has 0 fully saturated rings. The second kappa shape index (κ2) is 10.5. The lowest BCUT2D eigenvalue weighted by Crippen LogP contribution is -3.00. The number of quaternary nitrogens is 1. The Morgan fingerprint density at radius 2 is 1.09 bits per heavy atom. The molecule has 0 aromatic rings. The van der Waals surface area contributed by atoms with Gasteiger partial charge in [0.05, 0.1) is 26.7 Å². The fraction of sp³-hybridized carbons (Fsp3) is 1.00. The van der Waals surface area contributed by atoms with Crippen molar-refractivity contribution in [3.63, 3.8) is 0 Å². The van der Waals surface area contributed by atoms with Gasteiger partial charge in [0.1, 0.15) is 0 Å². The van der Waals surface area contributed by atoms with Crippen LogP contribution in [0.4, 0.5) is 0 Å². The summed E-state index contributed by atoms with van der Waals surface area (Å²) in [6.07, 6.45) is 0. The number of hydrogen-bond acceptors (Lipinski definition) is 1. The van der Waals surface area contributed by atoms with Crippen LogP contribution in [-0.4, -0.2) is 31.2 Å². The first-order valence-electron chi connectivity index (χ1n) is 3.52. The third-order valence-corrected chi connectivity index (χ3v) is 2.29. The Kier molecular flexibility index (Phi) is 21.5. The number of halogens is 2. The Morgan fingerprint density at radius 3 is 1.09 bits per heavy atom. The number of rotatable bonds is 3. The van der Waals surface area contributed by atoms with Crippen LogP contribution in [0.1, 0.15) is 20.8 Å². The molecular weight excluding hydrogens is 183 g/mol. The predicted octanol–water partition coefficient (Wildman–Crippen LogP) is -0.919. The summed E-state index contributed by atoms with van der Waals surface area (Å²) in [6, 6.07) is 0. The topological polar surface area (TPSA) is 35.0 Å². The van der Waals surface area contributed by atoms with Crippen LogP contribution in [0.25, 0.3) is 0 Å². The highest BCUT2D eigenvalue weighted by Gasteiger charge is 2.10. The lowest BCUT2D eigenvalue weighted by Gasteiger charge is -2.30. The summed E-state index contributed by atoms with van der Waals surface area (Å²) in [5.74, 6) is 0. The van der Waals surface area contributed by atoms with Gasteiger partial charge in [-0.15, -0.1) is 12.4 Å². The van der Waals surface area contributed by atoms with Crippen molar-refractivity contribution in [2.75, 3.05) is 26.7 Å². The highest BCUT2D eigenvalue weighted by molar-refractivity contribution is 5.85. The van der Waals surface area contributed by atoms with Crippen LogP contribution in [0.5, 0.6) is 0 Å². The fourth-order valence-corrected chi connectivity index (χ4v) is 0.671. The molecule has 3 N–H and O–H groups in total. The van der Waals surface area contributed by atoms with Crippen molar-refractivity contribution in [1.29, 1.82) is 0 Å². The Morgan fingerprint density at radius 1 is 0.909 bits per heavy atom. The van der Waals surface area contributed by atoms with Crippen LogP contribution in [0, 0.1) is 0 Å². The summed E-state index contributed by atoms with van der Waals surface area (Å²) in [7, 11) is 2.29. The average molecular weight is 205 g/mol. The minimum Gasteiger partial charge on any atom is -1.00 e. The molecule has 0 saturated heterocycles. The van der Waals surface area contributed by atoms with Crippen LogP contribution in [0.2, 0.25) is 0 Å². The molecule has 0 rings (SSSR count). The van der Waals surface area contributed by atoms with E-state index in [4.69, 9.17) is 0 Å². The molecule has 0 atom stereocenters. The van der Waals surface area contributed by atoms with E-state index in [-0.39, 0.29) is 31.0 Å². The Labute approximate surface area is 83.3 Å². The van der Waals surface area contributed by atoms with Gasteiger partial charge in [-0.1, -0.05) is 0 Å². The van der Waals surface area contributed by atoms with E-state index in [9.17, 15) is 0 Å². The molecule has 0 unspecified atom stereocenters. The smallest absolute Gasteiger partial charge is 0.0755 e. The van der Waals surface area contributed by atoms with Crippen LogP contribution >= 0.6 is 12.4 Å². The second-order valence-corrected chi connectivity index (χ2v) is 2.57. The molecule has 0 radical (unpaired) electrons. The summed E-state index contributed by atoms with van der Waals surface area (Å²) < 4.78 is 1.21. The first-order chi connectivity index (χ1) is 3.68. The van der Waals surface area contributed by atoms with Gasteiger partial charge < -0.3 is 23.0 Å². The van der Waals surface area contributed by atoms with Gasteiger partial charge in [0, 0.05) is 0 Å². The van der Waals surface area contributed by atoms with Crippen LogP contribution in [-0.2, 0) is 0 Å². The maximum absolute atomic E-state index is 2.29. The summed E-state index contributed by atoms with van der Waals surface area (Å²) in [6.45, 7) is 10.5. The van der Waals surface area contributed by atoms with Gasteiger partial charge in [-0.3, -0.25) is 0 Å². The molecule has 0 aromatic carbocycles. The average Bonchev–Trinajstić information content (AvgIpc) is 1.87. The van der Waals surface area contributed by atoms with Gasteiger partial charge in [-0.25, -0.2) is 0 Å². The minimum atomic E-state index is 0. The fourth-order valence-electron chi connectivity index (χ4n) is 0.671. The van der Waals surface area contributed by atoms with E-state index in [1.807, 2.05) is 0 Å². The zero-order valence-electron chi connectivity index (χ0n) is 8.06. The molecule has 0 aromatic heterocycles. The Hall–Kier alpha value is 0.500. The summed E-state index contributed by atoms with van der Waals surface area (Å²) in [5, 5.41) is 0. The van der Waals surface area contributed by atoms with Gasteiger partial charge in [0.25, 0.3) is 0 Å². The van der Waals surface area contributed by atoms with Crippen molar-refractivity contribution in [2.24, 2.45) is 0 Å². The molecule has 0 aliphatic rings. The van der Waals surface area contributed by atoms with E-state index in [1.54, 1.807) is 0 Å². The zero-order valence-corrected chi connectivity index (χ0v) is 9.63. The Bertz CT molecular complexity index is 57.2. The van der Waals surface area contributed by atoms with Crippen molar-refractivity contribution < 1.29 is 16.9 Å². The number of nitrogens with zero attached hydrogens (tertiary/aromatic N) is 1. The zero-order chi connectivity index (χ0) is 6.62. The van der Waals surface area contributed by atoms with Crippen LogP contribution in [0.15, 0.2) is 0 Å². The maximum Gasteiger partial charge on any atom is 0.0755 e. The first-order valence-corrected chi connectivity index (χ1v) is 3.52. The highest BCUT2D eigenvalue weighted by Crippen LogP contribution is 1.97. The quantitative estimate of drug-likeness (QED) is 0.594. The van der Waals surface area contributed by atoms with Crippen molar-refractivity contribution in [1.82, 2.24) is 6.15 Å². The normalized spacial score (nSPS) is 8.73. The van der Waals surface area contributed by atoms with Gasteiger partial charge in [-0.05, 0) is 20.8 Å². The van der Waals surface area contributed by atoms with Crippen molar-refractivity contribution in [3.8, 4) is 0 Å². The predicted molar refractivity (Wildman–Crippen MR) is 50.1 cm³/mol. The van der Waals surface area contributed by atoms with Gasteiger partial charge in [-0.2, -0.15) is 0 Å². The maximum atomic E-state index is 2.29. The van der Waals surface area contributed by atoms with E-state index in [0.29, 0.717) is 0 Å². The summed E-state index contributed by atoms with van der Waals surface area (Å²) >= 11 is 0. The van der Waals surface area contributed by atoms with E-state index in [1.165, 1.54) is 24.1 Å². The van der Waals surface area contributed by atoms with Crippen LogP contribution < -0.4 is 18.6 Å². The number of hydrogen-bond donors (Lipinski definition) is 1. The SMILES string of the molecule is CC[N+](C)(CC)CC.Cl.N.[Cl-]. The largest absolute Gasteiger partial charge is 1.00 e. The third-order valence-electron chi connectivity index (χ3n) is 2.29. The van der Waals surface area contributed by atoms with Gasteiger partial charge >= 0.3 is 0 Å². The molecule has 2 nitrogen and oxygen atoms in total. The molecule has 0 bridgehead atoms. The van der Waals surface area contributed by atoms with Crippen molar-refractivity contribution >= 4 is 12.4 Å². The third kappa shape index (κ3) is 8.41. The van der Waals surface area contributed by atoms with E-state index in [0.717, 1.165) is 0 Å². The second-order valence-electron chi connectivity index (χ2n) is 2.57. The van der Waals surface area contributed by atoms with E-state index < -0.39 is 0 Å². The molecule has 74 valence electrons. The summed E-state index contributed by atoms with van der Waals surface area (Å²) in [5.41, 5.74) is 0. The van der Waals surface area contributed by atoms with E-state index in [2.05, 4.69) is 27.8 Å². The molecule has 0 spiro atoms. The lowest BCUT2D eigenvalue weighted by molar-refractivity contribution is -0.904. The monoisotopic (exact) mass is 204 g/mol. The molecule has 0 saturated carbocycles. The Balaban J connectivity index is -0.0000000817. The molecule has 0 aliphatic heterocycles. The molecule has 0 heterocycles. The lowest BCUT2D eigenvalue weighted by atomic mass is 10.4. The highest BCUT2D eigenvalue weighted by atomic mass is 35.5. The van der Waals surface area contributed by atoms with Gasteiger partial charge in [0.15, 0.2) is 0 Å². The molecule has 11 heavy (non-hydrogen) atoms. The van der Waals surface area contributed by atoms with Gasteiger partial charge in [0.2, 0.25) is 0 Å². The van der Waals surface area contributed by atoms with Crippen molar-refractivity contribution in [3.05, 3.63) is 0 Å². The molecule has 0 aliphatic carbocycles. The van der Waals surface area contributed by atoms with Crippen LogP contribution in [0.3, 0.4) is 0 Å². The summed E-state index contributed by atoms with van der Waals surface area (Å²) in [4.78, 5) is 0. The molecule has 4 heteroatoms. The minimum absolute atomic E-state index is 0. The standard InChI is InChI=1S/C7H18N.2ClH.H3N/c1-5-8(4,6-2)7-3;;;/h5-7H2,1-4H3;2*1H;1H3/q+1;;;/p-1. The first kappa shape index (κ1) is 22.5. The van der Waals surface area contributed by atoms with Crippen molar-refractivity contribution in [2.45, 2.75) is 20.8 Å². The van der Waals surface area contributed by atoms with E-state index >= 15 is 0 Å².